The van der Waals surface area contributed by atoms with Gasteiger partial charge < -0.3 is 19.7 Å². The third-order valence-electron chi connectivity index (χ3n) is 5.59. The molecule has 7 nitrogen and oxygen atoms in total. The van der Waals surface area contributed by atoms with Crippen LogP contribution in [0.3, 0.4) is 0 Å². The number of aromatic nitrogens is 1. The lowest BCUT2D eigenvalue weighted by atomic mass is 10.1. The molecule has 0 spiro atoms. The highest BCUT2D eigenvalue weighted by Gasteiger charge is 2.26. The van der Waals surface area contributed by atoms with Crippen molar-refractivity contribution in [1.82, 2.24) is 4.98 Å². The minimum atomic E-state index is -0.273. The van der Waals surface area contributed by atoms with Crippen LogP contribution in [0.1, 0.15) is 21.5 Å². The Labute approximate surface area is 203 Å². The van der Waals surface area contributed by atoms with Crippen molar-refractivity contribution >= 4 is 23.2 Å². The zero-order chi connectivity index (χ0) is 24.0. The molecule has 2 heterocycles. The number of amides is 2. The third-order valence-corrected chi connectivity index (χ3v) is 5.59. The van der Waals surface area contributed by atoms with E-state index in [2.05, 4.69) is 10.3 Å². The lowest BCUT2D eigenvalue weighted by Gasteiger charge is -2.29. The zero-order valence-corrected chi connectivity index (χ0v) is 18.9. The summed E-state index contributed by atoms with van der Waals surface area (Å²) in [5, 5.41) is 2.89. The smallest absolute Gasteiger partial charge is 0.265 e. The maximum Gasteiger partial charge on any atom is 0.265 e. The molecular formula is C28H23N3O4. The number of fused-ring (bicyclic) bond motifs is 1. The Morgan fingerprint density at radius 2 is 1.77 bits per heavy atom. The van der Waals surface area contributed by atoms with E-state index in [1.54, 1.807) is 47.6 Å². The maximum absolute atomic E-state index is 12.8. The average Bonchev–Trinajstić information content (AvgIpc) is 2.91. The molecule has 1 aliphatic heterocycles. The van der Waals surface area contributed by atoms with Gasteiger partial charge in [-0.15, -0.1) is 0 Å². The summed E-state index contributed by atoms with van der Waals surface area (Å²) in [5.41, 5.74) is 3.70. The number of carbonyl (C=O) groups is 2. The zero-order valence-electron chi connectivity index (χ0n) is 18.9. The van der Waals surface area contributed by atoms with Gasteiger partial charge in [0.15, 0.2) is 6.61 Å². The number of rotatable bonds is 7. The summed E-state index contributed by atoms with van der Waals surface area (Å²) in [5.74, 6) is 0.788. The maximum atomic E-state index is 12.8. The highest BCUT2D eigenvalue weighted by atomic mass is 16.5. The first-order chi connectivity index (χ1) is 17.2. The Hall–Kier alpha value is -4.65. The van der Waals surface area contributed by atoms with Crippen LogP contribution in [0.2, 0.25) is 0 Å². The first kappa shape index (κ1) is 22.2. The molecule has 1 aromatic heterocycles. The molecule has 0 unspecified atom stereocenters. The molecule has 0 aliphatic carbocycles. The summed E-state index contributed by atoms with van der Waals surface area (Å²) in [6.07, 6.45) is 3.41. The van der Waals surface area contributed by atoms with E-state index in [0.717, 1.165) is 11.1 Å². The first-order valence-corrected chi connectivity index (χ1v) is 11.2. The number of nitrogens with one attached hydrogen (secondary N) is 1. The SMILES string of the molecule is O=C(Nc1ccc(OCc2ccccc2)cc1)c1ccc2c(c1)OCC(=O)N2Cc1cccnc1. The molecule has 1 N–H and O–H groups in total. The average molecular weight is 466 g/mol. The fraction of sp³-hybridized carbons (Fsp3) is 0.107. The van der Waals surface area contributed by atoms with Gasteiger partial charge in [-0.05, 0) is 59.7 Å². The number of ether oxygens (including phenoxy) is 2. The van der Waals surface area contributed by atoms with Gasteiger partial charge in [0.2, 0.25) is 0 Å². The topological polar surface area (TPSA) is 80.8 Å². The number of nitrogens with zero attached hydrogens (tertiary/aromatic N) is 2. The van der Waals surface area contributed by atoms with Crippen molar-refractivity contribution in [3.63, 3.8) is 0 Å². The van der Waals surface area contributed by atoms with Crippen molar-refractivity contribution in [3.8, 4) is 11.5 Å². The molecule has 0 fully saturated rings. The van der Waals surface area contributed by atoms with Gasteiger partial charge in [0.25, 0.3) is 11.8 Å². The van der Waals surface area contributed by atoms with Crippen LogP contribution in [0, 0.1) is 0 Å². The van der Waals surface area contributed by atoms with E-state index in [-0.39, 0.29) is 18.4 Å². The van der Waals surface area contributed by atoms with Crippen molar-refractivity contribution in [2.24, 2.45) is 0 Å². The van der Waals surface area contributed by atoms with Crippen LogP contribution in [-0.4, -0.2) is 23.4 Å². The number of hydrogen-bond acceptors (Lipinski definition) is 5. The molecule has 3 aromatic carbocycles. The normalized spacial score (nSPS) is 12.5. The molecule has 35 heavy (non-hydrogen) atoms. The monoisotopic (exact) mass is 465 g/mol. The Kier molecular flexibility index (Phi) is 6.39. The number of pyridine rings is 1. The van der Waals surface area contributed by atoms with E-state index in [4.69, 9.17) is 9.47 Å². The van der Waals surface area contributed by atoms with Gasteiger partial charge in [-0.25, -0.2) is 0 Å². The van der Waals surface area contributed by atoms with Gasteiger partial charge in [0.05, 0.1) is 12.2 Å². The fourth-order valence-electron chi connectivity index (χ4n) is 3.77. The van der Waals surface area contributed by atoms with Gasteiger partial charge in [-0.1, -0.05) is 36.4 Å². The Morgan fingerprint density at radius 1 is 0.971 bits per heavy atom. The second kappa shape index (κ2) is 10.1. The first-order valence-electron chi connectivity index (χ1n) is 11.2. The van der Waals surface area contributed by atoms with E-state index >= 15 is 0 Å². The van der Waals surface area contributed by atoms with E-state index < -0.39 is 0 Å². The quantitative estimate of drug-likeness (QED) is 0.423. The van der Waals surface area contributed by atoms with E-state index in [1.807, 2.05) is 54.6 Å². The Morgan fingerprint density at radius 3 is 2.54 bits per heavy atom. The van der Waals surface area contributed by atoms with Crippen LogP contribution in [-0.2, 0) is 17.9 Å². The Balaban J connectivity index is 1.24. The molecule has 0 saturated heterocycles. The second-order valence-corrected chi connectivity index (χ2v) is 8.07. The Bertz CT molecular complexity index is 1330. The van der Waals surface area contributed by atoms with Crippen LogP contribution >= 0.6 is 0 Å². The van der Waals surface area contributed by atoms with Crippen molar-refractivity contribution in [1.29, 1.82) is 0 Å². The van der Waals surface area contributed by atoms with Gasteiger partial charge in [-0.3, -0.25) is 14.6 Å². The molecular weight excluding hydrogens is 442 g/mol. The molecule has 7 heteroatoms. The highest BCUT2D eigenvalue weighted by Crippen LogP contribution is 2.34. The molecule has 2 amide bonds. The summed E-state index contributed by atoms with van der Waals surface area (Å²) in [7, 11) is 0. The van der Waals surface area contributed by atoms with Crippen molar-refractivity contribution in [2.45, 2.75) is 13.2 Å². The molecule has 0 atom stereocenters. The molecule has 0 radical (unpaired) electrons. The van der Waals surface area contributed by atoms with Crippen LogP contribution in [0.5, 0.6) is 11.5 Å². The second-order valence-electron chi connectivity index (χ2n) is 8.07. The van der Waals surface area contributed by atoms with E-state index in [9.17, 15) is 9.59 Å². The van der Waals surface area contributed by atoms with Gasteiger partial charge >= 0.3 is 0 Å². The summed E-state index contributed by atoms with van der Waals surface area (Å²) in [4.78, 5) is 31.1. The molecule has 174 valence electrons. The summed E-state index contributed by atoms with van der Waals surface area (Å²) < 4.78 is 11.4. The van der Waals surface area contributed by atoms with E-state index in [0.29, 0.717) is 41.6 Å². The van der Waals surface area contributed by atoms with Crippen molar-refractivity contribution in [2.75, 3.05) is 16.8 Å². The molecule has 1 aliphatic rings. The number of hydrogen-bond donors (Lipinski definition) is 1. The third kappa shape index (κ3) is 5.30. The molecule has 0 bridgehead atoms. The van der Waals surface area contributed by atoms with E-state index in [1.165, 1.54) is 0 Å². The van der Waals surface area contributed by atoms with Crippen LogP contribution < -0.4 is 19.7 Å². The standard InChI is InChI=1S/C28H23N3O4/c32-27-19-35-26-15-22(8-13-25(26)31(27)17-21-7-4-14-29-16-21)28(33)30-23-9-11-24(12-10-23)34-18-20-5-2-1-3-6-20/h1-16H,17-19H2,(H,30,33). The van der Waals surface area contributed by atoms with Crippen molar-refractivity contribution < 1.29 is 19.1 Å². The predicted molar refractivity (Wildman–Crippen MR) is 133 cm³/mol. The minimum absolute atomic E-state index is 0.0806. The largest absolute Gasteiger partial charge is 0.489 e. The van der Waals surface area contributed by atoms with Gasteiger partial charge in [-0.2, -0.15) is 0 Å². The fourth-order valence-corrected chi connectivity index (χ4v) is 3.77. The molecule has 5 rings (SSSR count). The minimum Gasteiger partial charge on any atom is -0.489 e. The van der Waals surface area contributed by atoms with Crippen LogP contribution in [0.4, 0.5) is 11.4 Å². The predicted octanol–water partition coefficient (Wildman–Crippen LogP) is 4.84. The van der Waals surface area contributed by atoms with Gasteiger partial charge in [0.1, 0.15) is 18.1 Å². The molecule has 4 aromatic rings. The highest BCUT2D eigenvalue weighted by molar-refractivity contribution is 6.06. The van der Waals surface area contributed by atoms with Crippen LogP contribution in [0.25, 0.3) is 0 Å². The van der Waals surface area contributed by atoms with Crippen LogP contribution in [0.15, 0.2) is 97.3 Å². The number of carbonyl (C=O) groups excluding carboxylic acids is 2. The lowest BCUT2D eigenvalue weighted by molar-refractivity contribution is -0.121. The number of anilines is 2. The lowest BCUT2D eigenvalue weighted by Crippen LogP contribution is -2.38. The summed E-state index contributed by atoms with van der Waals surface area (Å²) in [6.45, 7) is 0.776. The summed E-state index contributed by atoms with van der Waals surface area (Å²) >= 11 is 0. The van der Waals surface area contributed by atoms with Gasteiger partial charge in [0, 0.05) is 23.6 Å². The van der Waals surface area contributed by atoms with Crippen molar-refractivity contribution in [3.05, 3.63) is 114 Å². The summed E-state index contributed by atoms with van der Waals surface area (Å²) in [6, 6.07) is 26.0. The number of benzene rings is 3. The molecule has 0 saturated carbocycles.